The van der Waals surface area contributed by atoms with Gasteiger partial charge >= 0.3 is 0 Å². The van der Waals surface area contributed by atoms with E-state index in [2.05, 4.69) is 20.8 Å². The molecule has 0 aliphatic carbocycles. The zero-order valence-electron chi connectivity index (χ0n) is 13.2. The smallest absolute Gasteiger partial charge is 0.260 e. The van der Waals surface area contributed by atoms with E-state index in [1.807, 2.05) is 49.2 Å². The van der Waals surface area contributed by atoms with Crippen LogP contribution in [-0.2, 0) is 4.79 Å². The van der Waals surface area contributed by atoms with Crippen molar-refractivity contribution in [2.45, 2.75) is 6.92 Å². The number of carbonyl (C=O) groups excluding carboxylic acids is 2. The highest BCUT2D eigenvalue weighted by Gasteiger charge is 2.18. The normalized spacial score (nSPS) is 12.7. The summed E-state index contributed by atoms with van der Waals surface area (Å²) < 4.78 is 0. The number of halogens is 1. The predicted molar refractivity (Wildman–Crippen MR) is 91.6 cm³/mol. The molecule has 5 nitrogen and oxygen atoms in total. The van der Waals surface area contributed by atoms with E-state index in [1.165, 1.54) is 4.90 Å². The molecule has 2 rings (SSSR count). The van der Waals surface area contributed by atoms with E-state index in [4.69, 9.17) is 0 Å². The lowest BCUT2D eigenvalue weighted by molar-refractivity contribution is -0.116. The van der Waals surface area contributed by atoms with Crippen LogP contribution in [0.5, 0.6) is 0 Å². The van der Waals surface area contributed by atoms with E-state index in [9.17, 15) is 9.59 Å². The van der Waals surface area contributed by atoms with Crippen LogP contribution in [-0.4, -0.2) is 59.7 Å². The van der Waals surface area contributed by atoms with Gasteiger partial charge in [0, 0.05) is 38.1 Å². The number of rotatable bonds is 5. The van der Waals surface area contributed by atoms with Crippen LogP contribution in [0.25, 0.3) is 0 Å². The van der Waals surface area contributed by atoms with Crippen LogP contribution < -0.4 is 0 Å². The molecule has 0 aromatic heterocycles. The summed E-state index contributed by atoms with van der Waals surface area (Å²) in [4.78, 5) is 28.8. The summed E-state index contributed by atoms with van der Waals surface area (Å²) >= 11 is 2.94. The summed E-state index contributed by atoms with van der Waals surface area (Å²) in [6.07, 6.45) is 4.54. The van der Waals surface area contributed by atoms with Gasteiger partial charge in [0.05, 0.1) is 6.67 Å². The van der Waals surface area contributed by atoms with Gasteiger partial charge in [0.1, 0.15) is 0 Å². The third-order valence-electron chi connectivity index (χ3n) is 3.33. The highest BCUT2D eigenvalue weighted by Crippen LogP contribution is 2.10. The molecule has 0 saturated heterocycles. The minimum Gasteiger partial charge on any atom is -0.362 e. The molecule has 1 heterocycles. The Morgan fingerprint density at radius 1 is 1.32 bits per heavy atom. The summed E-state index contributed by atoms with van der Waals surface area (Å²) in [5.41, 5.74) is 1.46. The van der Waals surface area contributed by atoms with Gasteiger partial charge < -0.3 is 9.80 Å². The van der Waals surface area contributed by atoms with Crippen molar-refractivity contribution >= 4 is 28.2 Å². The molecule has 1 aliphatic rings. The van der Waals surface area contributed by atoms with E-state index < -0.39 is 0 Å². The van der Waals surface area contributed by atoms with E-state index in [0.29, 0.717) is 25.1 Å². The largest absolute Gasteiger partial charge is 0.362 e. The number of nitrogens with zero attached hydrogens (tertiary/aromatic N) is 3. The average molecular weight is 368 g/mol. The zero-order valence-corrected chi connectivity index (χ0v) is 14.8. The molecule has 1 aromatic rings. The van der Waals surface area contributed by atoms with Crippen LogP contribution in [0.15, 0.2) is 36.7 Å². The molecule has 1 aromatic carbocycles. The number of amides is 2. The molecule has 6 heteroatoms. The van der Waals surface area contributed by atoms with Crippen LogP contribution in [0.4, 0.5) is 0 Å². The van der Waals surface area contributed by atoms with Crippen molar-refractivity contribution in [1.29, 1.82) is 0 Å². The second kappa shape index (κ2) is 9.25. The van der Waals surface area contributed by atoms with Crippen LogP contribution in [0, 0.1) is 6.92 Å². The van der Waals surface area contributed by atoms with Gasteiger partial charge in [-0.15, -0.1) is 0 Å². The van der Waals surface area contributed by atoms with Gasteiger partial charge in [0.15, 0.2) is 0 Å². The molecule has 0 fully saturated rings. The van der Waals surface area contributed by atoms with E-state index >= 15 is 0 Å². The monoisotopic (exact) mass is 367 g/mol. The predicted octanol–water partition coefficient (Wildman–Crippen LogP) is 2.28. The Morgan fingerprint density at radius 3 is 2.55 bits per heavy atom. The fraction of sp³-hybridized carbons (Fsp3) is 0.375. The van der Waals surface area contributed by atoms with Crippen LogP contribution in [0.3, 0.4) is 0 Å². The van der Waals surface area contributed by atoms with Gasteiger partial charge in [-0.3, -0.25) is 14.5 Å². The summed E-state index contributed by atoms with van der Waals surface area (Å²) in [6, 6.07) is 7.30. The van der Waals surface area contributed by atoms with E-state index in [-0.39, 0.29) is 5.91 Å². The molecule has 0 saturated carbocycles. The molecule has 0 bridgehead atoms. The number of alkyl halides is 1. The van der Waals surface area contributed by atoms with Crippen molar-refractivity contribution < 1.29 is 9.59 Å². The molecule has 0 radical (unpaired) electrons. The second-order valence-corrected chi connectivity index (χ2v) is 4.93. The lowest BCUT2D eigenvalue weighted by Gasteiger charge is -2.22. The molecular weight excluding hydrogens is 346 g/mol. The van der Waals surface area contributed by atoms with Gasteiger partial charge in [-0.05, 0) is 24.4 Å². The number of benzene rings is 1. The second-order valence-electron chi connectivity index (χ2n) is 4.93. The summed E-state index contributed by atoms with van der Waals surface area (Å²) in [5.74, 6) is 1.57. The highest BCUT2D eigenvalue weighted by atomic mass is 79.9. The Hall–Kier alpha value is -1.82. The number of carbonyl (C=O) groups is 2. The third kappa shape index (κ3) is 4.87. The first-order chi connectivity index (χ1) is 10.6. The molecular formula is C16H22BrN3O2. The van der Waals surface area contributed by atoms with Crippen molar-refractivity contribution in [3.05, 3.63) is 47.8 Å². The minimum absolute atomic E-state index is 0.241. The molecule has 1 aliphatic heterocycles. The maximum Gasteiger partial charge on any atom is 0.260 e. The number of aryl methyl sites for hydroxylation is 1. The van der Waals surface area contributed by atoms with E-state index in [1.54, 1.807) is 12.1 Å². The minimum atomic E-state index is -0.241. The lowest BCUT2D eigenvalue weighted by Crippen LogP contribution is -2.37. The Kier molecular flexibility index (Phi) is 7.66. The first-order valence-electron chi connectivity index (χ1n) is 6.94. The first-order valence-corrected chi connectivity index (χ1v) is 8.52. The Morgan fingerprint density at radius 2 is 2.00 bits per heavy atom. The average Bonchev–Trinajstić information content (AvgIpc) is 2.95. The number of hydrogen-bond acceptors (Lipinski definition) is 4. The topological polar surface area (TPSA) is 43.9 Å². The standard InChI is InChI=1S/C15H19N3O2.CH3Br/c1-13-5-3-4-6-14(13)15(20)18(12-19)10-9-17-8-7-16(2)11-17;1-2/h3-8,12H,9-11H2,1-2H3;1H3. The highest BCUT2D eigenvalue weighted by molar-refractivity contribution is 9.08. The van der Waals surface area contributed by atoms with Crippen molar-refractivity contribution in [2.24, 2.45) is 0 Å². The summed E-state index contributed by atoms with van der Waals surface area (Å²) in [7, 11) is 1.98. The quantitative estimate of drug-likeness (QED) is 0.591. The Bertz CT molecular complexity index is 534. The molecule has 0 atom stereocenters. The van der Waals surface area contributed by atoms with Crippen LogP contribution in [0.1, 0.15) is 15.9 Å². The molecule has 0 unspecified atom stereocenters. The van der Waals surface area contributed by atoms with Crippen LogP contribution in [0.2, 0.25) is 0 Å². The molecule has 0 spiro atoms. The Labute approximate surface area is 140 Å². The van der Waals surface area contributed by atoms with Crippen molar-refractivity contribution in [1.82, 2.24) is 14.7 Å². The van der Waals surface area contributed by atoms with Gasteiger partial charge in [0.25, 0.3) is 5.91 Å². The first kappa shape index (κ1) is 18.2. The van der Waals surface area contributed by atoms with Crippen molar-refractivity contribution in [3.63, 3.8) is 0 Å². The maximum absolute atomic E-state index is 12.3. The van der Waals surface area contributed by atoms with Crippen molar-refractivity contribution in [3.8, 4) is 0 Å². The zero-order chi connectivity index (χ0) is 16.5. The van der Waals surface area contributed by atoms with Crippen molar-refractivity contribution in [2.75, 3.05) is 32.6 Å². The fourth-order valence-electron chi connectivity index (χ4n) is 2.14. The fourth-order valence-corrected chi connectivity index (χ4v) is 2.14. The number of imide groups is 1. The molecule has 2 amide bonds. The SMILES string of the molecule is CBr.Cc1ccccc1C(=O)N(C=O)CCN1C=CN(C)C1. The Balaban J connectivity index is 0.00000116. The molecule has 22 heavy (non-hydrogen) atoms. The van der Waals surface area contributed by atoms with Gasteiger partial charge in [-0.2, -0.15) is 0 Å². The molecule has 120 valence electrons. The van der Waals surface area contributed by atoms with Crippen LogP contribution >= 0.6 is 15.9 Å². The molecule has 0 N–H and O–H groups in total. The third-order valence-corrected chi connectivity index (χ3v) is 3.33. The van der Waals surface area contributed by atoms with Gasteiger partial charge in [0.2, 0.25) is 6.41 Å². The maximum atomic E-state index is 12.3. The lowest BCUT2D eigenvalue weighted by atomic mass is 10.1. The summed E-state index contributed by atoms with van der Waals surface area (Å²) in [5, 5.41) is 0. The van der Waals surface area contributed by atoms with Gasteiger partial charge in [-0.1, -0.05) is 34.1 Å². The van der Waals surface area contributed by atoms with E-state index in [0.717, 1.165) is 12.2 Å². The summed E-state index contributed by atoms with van der Waals surface area (Å²) in [6.45, 7) is 3.67. The number of hydrogen-bond donors (Lipinski definition) is 0. The van der Waals surface area contributed by atoms with Gasteiger partial charge in [-0.25, -0.2) is 0 Å².